The molecule has 0 aliphatic heterocycles. The maximum atomic E-state index is 6.92. The second-order valence-electron chi connectivity index (χ2n) is 15.2. The first kappa shape index (κ1) is 33.7. The highest BCUT2D eigenvalue weighted by Crippen LogP contribution is 2.47. The van der Waals surface area contributed by atoms with Crippen LogP contribution in [0.4, 0.5) is 17.1 Å². The summed E-state index contributed by atoms with van der Waals surface area (Å²) in [5, 5.41) is 9.62. The summed E-state index contributed by atoms with van der Waals surface area (Å²) in [4.78, 5) is 2.41. The number of hydrogen-bond donors (Lipinski definition) is 0. The molecule has 0 saturated heterocycles. The molecule has 59 heavy (non-hydrogen) atoms. The van der Waals surface area contributed by atoms with Gasteiger partial charge in [0.25, 0.3) is 0 Å². The third-order valence-corrected chi connectivity index (χ3v) is 13.1. The van der Waals surface area contributed by atoms with Crippen LogP contribution in [-0.4, -0.2) is 0 Å². The molecule has 0 spiro atoms. The summed E-state index contributed by atoms with van der Waals surface area (Å²) in [5.74, 6) is 0. The standard InChI is InChI=1S/C56H35NOS/c1-3-18-42-36(13-1)15-10-22-43(42)39-16-9-17-41(35-39)57(40-32-29-38(30-33-40)45-23-11-26-51-47-21-6-8-28-53(47)59-56(45)51)52-27-7-5-20-46(52)48-24-12-25-49-50-34-31-37-14-2-4-19-44(37)54(50)58-55(48)49/h1-35H. The molecule has 0 aliphatic rings. The largest absolute Gasteiger partial charge is 0.455 e. The molecule has 0 fully saturated rings. The van der Waals surface area contributed by atoms with Gasteiger partial charge in [-0.05, 0) is 80.9 Å². The summed E-state index contributed by atoms with van der Waals surface area (Å²) >= 11 is 1.87. The summed E-state index contributed by atoms with van der Waals surface area (Å²) in [6.07, 6.45) is 0. The van der Waals surface area contributed by atoms with Crippen LogP contribution in [0.15, 0.2) is 217 Å². The zero-order valence-corrected chi connectivity index (χ0v) is 32.8. The summed E-state index contributed by atoms with van der Waals surface area (Å²) in [5.41, 5.74) is 12.0. The van der Waals surface area contributed by atoms with Gasteiger partial charge in [-0.25, -0.2) is 0 Å². The Kier molecular flexibility index (Phi) is 7.75. The molecule has 0 atom stereocenters. The number of para-hydroxylation sites is 2. The lowest BCUT2D eigenvalue weighted by Crippen LogP contribution is -2.11. The van der Waals surface area contributed by atoms with Gasteiger partial charge in [0.05, 0.1) is 5.69 Å². The molecule has 2 aromatic heterocycles. The van der Waals surface area contributed by atoms with E-state index >= 15 is 0 Å². The molecule has 0 bridgehead atoms. The van der Waals surface area contributed by atoms with Crippen LogP contribution < -0.4 is 4.90 Å². The van der Waals surface area contributed by atoms with Gasteiger partial charge in [0.2, 0.25) is 0 Å². The van der Waals surface area contributed by atoms with Gasteiger partial charge in [-0.2, -0.15) is 0 Å². The Balaban J connectivity index is 1.06. The average molecular weight is 770 g/mol. The first-order valence-corrected chi connectivity index (χ1v) is 20.9. The second-order valence-corrected chi connectivity index (χ2v) is 16.3. The minimum atomic E-state index is 0.891. The molecule has 0 N–H and O–H groups in total. The van der Waals surface area contributed by atoms with E-state index in [-0.39, 0.29) is 0 Å². The molecule has 0 saturated carbocycles. The molecule has 2 heterocycles. The van der Waals surface area contributed by atoms with Crippen molar-refractivity contribution in [1.29, 1.82) is 0 Å². The Morgan fingerprint density at radius 3 is 1.83 bits per heavy atom. The van der Waals surface area contributed by atoms with Gasteiger partial charge in [-0.1, -0.05) is 170 Å². The first-order valence-electron chi connectivity index (χ1n) is 20.1. The minimum Gasteiger partial charge on any atom is -0.455 e. The Labute approximate surface area is 345 Å². The van der Waals surface area contributed by atoms with Crippen LogP contribution >= 0.6 is 11.3 Å². The van der Waals surface area contributed by atoms with E-state index < -0.39 is 0 Å². The van der Waals surface area contributed by atoms with Gasteiger partial charge in [0, 0.05) is 58.8 Å². The average Bonchev–Trinajstić information content (AvgIpc) is 3.89. The summed E-state index contributed by atoms with van der Waals surface area (Å²) in [6, 6.07) is 76.9. The lowest BCUT2D eigenvalue weighted by molar-refractivity contribution is 0.674. The maximum Gasteiger partial charge on any atom is 0.143 e. The van der Waals surface area contributed by atoms with Crippen molar-refractivity contribution >= 4 is 92.1 Å². The zero-order chi connectivity index (χ0) is 38.9. The fourth-order valence-electron chi connectivity index (χ4n) is 9.12. The van der Waals surface area contributed by atoms with Crippen molar-refractivity contribution < 1.29 is 4.42 Å². The highest BCUT2D eigenvalue weighted by molar-refractivity contribution is 7.26. The molecule has 12 aromatic rings. The summed E-state index contributed by atoms with van der Waals surface area (Å²) < 4.78 is 9.55. The Morgan fingerprint density at radius 2 is 0.949 bits per heavy atom. The molecule has 0 aliphatic carbocycles. The molecule has 276 valence electrons. The summed E-state index contributed by atoms with van der Waals surface area (Å²) in [6.45, 7) is 0. The van der Waals surface area contributed by atoms with Crippen LogP contribution in [0.1, 0.15) is 0 Å². The monoisotopic (exact) mass is 769 g/mol. The molecule has 3 heteroatoms. The Morgan fingerprint density at radius 1 is 0.339 bits per heavy atom. The maximum absolute atomic E-state index is 6.92. The summed E-state index contributed by atoms with van der Waals surface area (Å²) in [7, 11) is 0. The highest BCUT2D eigenvalue weighted by atomic mass is 32.1. The topological polar surface area (TPSA) is 16.4 Å². The van der Waals surface area contributed by atoms with Crippen molar-refractivity contribution in [3.8, 4) is 33.4 Å². The predicted molar refractivity (Wildman–Crippen MR) is 253 cm³/mol. The smallest absolute Gasteiger partial charge is 0.143 e. The van der Waals surface area contributed by atoms with Crippen LogP contribution in [0.2, 0.25) is 0 Å². The number of benzene rings is 10. The van der Waals surface area contributed by atoms with Gasteiger partial charge < -0.3 is 9.32 Å². The first-order chi connectivity index (χ1) is 29.3. The molecule has 12 rings (SSSR count). The zero-order valence-electron chi connectivity index (χ0n) is 32.0. The molecular weight excluding hydrogens is 735 g/mol. The van der Waals surface area contributed by atoms with E-state index in [1.54, 1.807) is 0 Å². The van der Waals surface area contributed by atoms with Crippen LogP contribution in [0.25, 0.3) is 97.0 Å². The quantitative estimate of drug-likeness (QED) is 0.167. The number of fused-ring (bicyclic) bond motifs is 9. The number of thiophene rings is 1. The fourth-order valence-corrected chi connectivity index (χ4v) is 10.4. The van der Waals surface area contributed by atoms with Gasteiger partial charge in [-0.15, -0.1) is 11.3 Å². The van der Waals surface area contributed by atoms with Gasteiger partial charge in [-0.3, -0.25) is 0 Å². The van der Waals surface area contributed by atoms with Crippen LogP contribution in [0, 0.1) is 0 Å². The van der Waals surface area contributed by atoms with Crippen molar-refractivity contribution in [1.82, 2.24) is 0 Å². The lowest BCUT2D eigenvalue weighted by atomic mass is 9.96. The van der Waals surface area contributed by atoms with E-state index in [1.165, 1.54) is 58.6 Å². The highest BCUT2D eigenvalue weighted by Gasteiger charge is 2.22. The van der Waals surface area contributed by atoms with E-state index in [4.69, 9.17) is 4.42 Å². The number of furan rings is 1. The number of nitrogens with zero attached hydrogens (tertiary/aromatic N) is 1. The lowest BCUT2D eigenvalue weighted by Gasteiger charge is -2.28. The number of anilines is 3. The Bertz CT molecular complexity index is 3570. The van der Waals surface area contributed by atoms with E-state index in [1.807, 2.05) is 11.3 Å². The molecule has 0 radical (unpaired) electrons. The molecule has 0 amide bonds. The molecule has 10 aromatic carbocycles. The molecule has 2 nitrogen and oxygen atoms in total. The van der Waals surface area contributed by atoms with Crippen molar-refractivity contribution in [3.63, 3.8) is 0 Å². The third kappa shape index (κ3) is 5.47. The van der Waals surface area contributed by atoms with E-state index in [2.05, 4.69) is 217 Å². The van der Waals surface area contributed by atoms with E-state index in [0.29, 0.717) is 0 Å². The van der Waals surface area contributed by atoms with Crippen molar-refractivity contribution in [3.05, 3.63) is 212 Å². The van der Waals surface area contributed by atoms with Gasteiger partial charge in [0.15, 0.2) is 0 Å². The molecule has 0 unspecified atom stereocenters. The Hall–Kier alpha value is -7.46. The van der Waals surface area contributed by atoms with Crippen molar-refractivity contribution in [2.75, 3.05) is 4.90 Å². The SMILES string of the molecule is c1cc(-c2cccc3ccccc23)cc(N(c2ccc(-c3cccc4c3sc3ccccc34)cc2)c2ccccc2-c2cccc3c2oc2c4ccccc4ccc32)c1. The van der Waals surface area contributed by atoms with Crippen molar-refractivity contribution in [2.45, 2.75) is 0 Å². The van der Waals surface area contributed by atoms with Crippen LogP contribution in [-0.2, 0) is 0 Å². The number of rotatable bonds is 6. The second kappa shape index (κ2) is 13.6. The van der Waals surface area contributed by atoms with Gasteiger partial charge in [0.1, 0.15) is 11.2 Å². The molecular formula is C56H35NOS. The van der Waals surface area contributed by atoms with Gasteiger partial charge >= 0.3 is 0 Å². The van der Waals surface area contributed by atoms with Crippen LogP contribution in [0.3, 0.4) is 0 Å². The van der Waals surface area contributed by atoms with Crippen molar-refractivity contribution in [2.24, 2.45) is 0 Å². The van der Waals surface area contributed by atoms with E-state index in [9.17, 15) is 0 Å². The van der Waals surface area contributed by atoms with Crippen LogP contribution in [0.5, 0.6) is 0 Å². The third-order valence-electron chi connectivity index (χ3n) is 11.9. The van der Waals surface area contributed by atoms with E-state index in [0.717, 1.165) is 55.5 Å². The number of hydrogen-bond acceptors (Lipinski definition) is 3. The predicted octanol–water partition coefficient (Wildman–Crippen LogP) is 16.7. The minimum absolute atomic E-state index is 0.891. The normalized spacial score (nSPS) is 11.7. The fraction of sp³-hybridized carbons (Fsp3) is 0.